The van der Waals surface area contributed by atoms with Gasteiger partial charge in [-0.05, 0) is 68.5 Å². The van der Waals surface area contributed by atoms with E-state index in [9.17, 15) is 19.2 Å². The molecule has 2 aromatic heterocycles. The summed E-state index contributed by atoms with van der Waals surface area (Å²) in [6, 6.07) is 28.2. The summed E-state index contributed by atoms with van der Waals surface area (Å²) in [5.41, 5.74) is 2.92. The van der Waals surface area contributed by atoms with Crippen LogP contribution in [-0.4, -0.2) is 100 Å². The van der Waals surface area contributed by atoms with E-state index < -0.39 is 59.9 Å². The number of carbonyl (C=O) groups excluding carboxylic acids is 4. The zero-order chi connectivity index (χ0) is 43.4. The molecule has 2 N–H and O–H groups in total. The van der Waals surface area contributed by atoms with E-state index in [4.69, 9.17) is 23.4 Å². The molecule has 1 fully saturated rings. The van der Waals surface area contributed by atoms with Crippen LogP contribution in [0, 0.1) is 0 Å². The molecule has 15 nitrogen and oxygen atoms in total. The minimum atomic E-state index is -1.05. The number of aryl methyl sites for hydroxylation is 1. The van der Waals surface area contributed by atoms with Crippen LogP contribution in [0.3, 0.4) is 0 Å². The monoisotopic (exact) mass is 850 g/mol. The summed E-state index contributed by atoms with van der Waals surface area (Å²) in [5.74, 6) is -0.900. The number of ether oxygens (including phenoxy) is 4. The summed E-state index contributed by atoms with van der Waals surface area (Å²) >= 11 is 1.25. The maximum absolute atomic E-state index is 14.4. The van der Waals surface area contributed by atoms with Gasteiger partial charge in [-0.2, -0.15) is 0 Å². The molecule has 5 aromatic rings. The molecule has 6 rings (SSSR count). The maximum atomic E-state index is 14.4. The topological polar surface area (TPSA) is 184 Å². The second-order valence-corrected chi connectivity index (χ2v) is 16.3. The van der Waals surface area contributed by atoms with Crippen LogP contribution in [-0.2, 0) is 35.0 Å². The number of thioether (sulfide) groups is 1. The van der Waals surface area contributed by atoms with Crippen LogP contribution < -0.4 is 10.6 Å². The molecular formula is C45H50N6O9S. The van der Waals surface area contributed by atoms with Crippen LogP contribution >= 0.6 is 11.8 Å². The van der Waals surface area contributed by atoms with Gasteiger partial charge in [-0.1, -0.05) is 90.6 Å². The van der Waals surface area contributed by atoms with Gasteiger partial charge in [0.2, 0.25) is 11.8 Å². The minimum Gasteiger partial charge on any atom is -0.464 e. The summed E-state index contributed by atoms with van der Waals surface area (Å²) < 4.78 is 28.9. The van der Waals surface area contributed by atoms with E-state index in [1.165, 1.54) is 25.8 Å². The first-order valence-electron chi connectivity index (χ1n) is 19.9. The van der Waals surface area contributed by atoms with Gasteiger partial charge in [-0.25, -0.2) is 9.59 Å². The summed E-state index contributed by atoms with van der Waals surface area (Å²) in [6.07, 6.45) is 1.65. The molecule has 0 radical (unpaired) electrons. The molecule has 0 bridgehead atoms. The molecule has 16 heteroatoms. The van der Waals surface area contributed by atoms with Crippen LogP contribution in [0.4, 0.5) is 15.3 Å². The van der Waals surface area contributed by atoms with Crippen molar-refractivity contribution in [1.29, 1.82) is 0 Å². The lowest BCUT2D eigenvalue weighted by molar-refractivity contribution is -0.152. The van der Waals surface area contributed by atoms with Crippen LogP contribution in [0.5, 0.6) is 0 Å². The molecule has 3 aromatic carbocycles. The second-order valence-electron chi connectivity index (χ2n) is 15.3. The van der Waals surface area contributed by atoms with Crippen LogP contribution in [0.1, 0.15) is 56.7 Å². The SMILES string of the molecule is COC(=O)N[C@H](C(=O)Nc1ccccc1CC[C@@H]1CN(C(=O)OC(C)(C)C)[C@H](COC(C)=O)[C@@H](CSc2nnc(-c3ccncc3)o2)O1)C(c1ccccc1)c1ccccc1. The lowest BCUT2D eigenvalue weighted by atomic mass is 9.84. The van der Waals surface area contributed by atoms with Crippen LogP contribution in [0.2, 0.25) is 0 Å². The van der Waals surface area contributed by atoms with Crippen molar-refractivity contribution in [3.8, 4) is 11.5 Å². The number of para-hydroxylation sites is 1. The Balaban J connectivity index is 1.23. The molecule has 1 aliphatic rings. The van der Waals surface area contributed by atoms with E-state index >= 15 is 0 Å². The molecule has 4 atom stereocenters. The number of aromatic nitrogens is 3. The Labute approximate surface area is 358 Å². The van der Waals surface area contributed by atoms with Gasteiger partial charge in [-0.3, -0.25) is 19.5 Å². The number of carbonyl (C=O) groups is 4. The molecule has 0 unspecified atom stereocenters. The van der Waals surface area contributed by atoms with Gasteiger partial charge in [-0.15, -0.1) is 10.2 Å². The zero-order valence-corrected chi connectivity index (χ0v) is 35.5. The quantitative estimate of drug-likeness (QED) is 0.0609. The van der Waals surface area contributed by atoms with Gasteiger partial charge in [0, 0.05) is 42.2 Å². The lowest BCUT2D eigenvalue weighted by Gasteiger charge is -2.44. The number of nitrogens with zero attached hydrogens (tertiary/aromatic N) is 4. The number of anilines is 1. The number of alkyl carbamates (subject to hydrolysis) is 1. The lowest BCUT2D eigenvalue weighted by Crippen LogP contribution is -2.60. The first-order chi connectivity index (χ1) is 29.4. The highest BCUT2D eigenvalue weighted by atomic mass is 32.2. The number of methoxy groups -OCH3 is 1. The Morgan fingerprint density at radius 3 is 2.20 bits per heavy atom. The van der Waals surface area contributed by atoms with E-state index in [2.05, 4.69) is 25.8 Å². The van der Waals surface area contributed by atoms with E-state index in [0.29, 0.717) is 35.2 Å². The van der Waals surface area contributed by atoms with E-state index in [1.54, 1.807) is 56.3 Å². The number of pyridine rings is 1. The largest absolute Gasteiger partial charge is 0.464 e. The molecular weight excluding hydrogens is 801 g/mol. The highest BCUT2D eigenvalue weighted by molar-refractivity contribution is 7.99. The van der Waals surface area contributed by atoms with E-state index in [0.717, 1.165) is 16.7 Å². The maximum Gasteiger partial charge on any atom is 0.410 e. The Hall–Kier alpha value is -6.26. The van der Waals surface area contributed by atoms with Crippen molar-refractivity contribution < 1.29 is 42.5 Å². The summed E-state index contributed by atoms with van der Waals surface area (Å²) in [6.45, 7) is 6.68. The van der Waals surface area contributed by atoms with Crippen molar-refractivity contribution in [3.05, 3.63) is 126 Å². The first-order valence-corrected chi connectivity index (χ1v) is 20.9. The molecule has 0 spiro atoms. The number of morpholine rings is 1. The molecule has 3 amide bonds. The Morgan fingerprint density at radius 2 is 1.56 bits per heavy atom. The number of nitrogens with one attached hydrogen (secondary N) is 2. The number of esters is 1. The molecule has 61 heavy (non-hydrogen) atoms. The number of benzene rings is 3. The van der Waals surface area contributed by atoms with Crippen molar-refractivity contribution in [2.24, 2.45) is 0 Å². The van der Waals surface area contributed by atoms with E-state index in [1.807, 2.05) is 78.9 Å². The number of hydrogen-bond acceptors (Lipinski definition) is 13. The fraction of sp³-hybridized carbons (Fsp3) is 0.356. The highest BCUT2D eigenvalue weighted by Crippen LogP contribution is 2.32. The van der Waals surface area contributed by atoms with Crippen LogP contribution in [0.25, 0.3) is 11.5 Å². The number of hydrogen-bond donors (Lipinski definition) is 2. The van der Waals surface area contributed by atoms with Gasteiger partial charge in [0.25, 0.3) is 5.22 Å². The number of amides is 3. The fourth-order valence-electron chi connectivity index (χ4n) is 6.98. The Kier molecular flexibility index (Phi) is 15.1. The third-order valence-electron chi connectivity index (χ3n) is 9.79. The summed E-state index contributed by atoms with van der Waals surface area (Å²) in [5, 5.41) is 14.5. The average molecular weight is 851 g/mol. The smallest absolute Gasteiger partial charge is 0.410 e. The van der Waals surface area contributed by atoms with Crippen molar-refractivity contribution >= 4 is 41.5 Å². The Bertz CT molecular complexity index is 2180. The first kappa shape index (κ1) is 44.3. The molecule has 1 aliphatic heterocycles. The fourth-order valence-corrected chi connectivity index (χ4v) is 7.82. The zero-order valence-electron chi connectivity index (χ0n) is 34.7. The van der Waals surface area contributed by atoms with Gasteiger partial charge in [0.15, 0.2) is 0 Å². The standard InChI is InChI=1S/C45H50N6O9S/c1-29(52)57-27-36-37(28-61-43-50-49-41(59-43)33-22-24-46-25-23-33)58-34(26-51(36)44(55)60-45(2,3)4)21-20-30-14-12-13-19-35(30)47-40(53)39(48-42(54)56-5)38(31-15-8-6-9-16-31)32-17-10-7-11-18-32/h6-19,22-25,34,36-39H,20-21,26-28H2,1-5H3,(H,47,53)(H,48,54)/t34-,36-,37-,39+/m1/s1. The summed E-state index contributed by atoms with van der Waals surface area (Å²) in [4.78, 5) is 58.6. The van der Waals surface area contributed by atoms with Gasteiger partial charge in [0.1, 0.15) is 18.2 Å². The molecule has 0 saturated carbocycles. The predicted octanol–water partition coefficient (Wildman–Crippen LogP) is 7.29. The third kappa shape index (κ3) is 12.4. The van der Waals surface area contributed by atoms with Crippen molar-refractivity contribution in [1.82, 2.24) is 25.4 Å². The number of rotatable bonds is 15. The van der Waals surface area contributed by atoms with Crippen LogP contribution in [0.15, 0.2) is 119 Å². The highest BCUT2D eigenvalue weighted by Gasteiger charge is 2.42. The average Bonchev–Trinajstić information content (AvgIpc) is 3.74. The van der Waals surface area contributed by atoms with Crippen molar-refractivity contribution in [2.75, 3.05) is 31.3 Å². The van der Waals surface area contributed by atoms with E-state index in [-0.39, 0.29) is 18.9 Å². The second kappa shape index (κ2) is 20.8. The van der Waals surface area contributed by atoms with Crippen molar-refractivity contribution in [3.63, 3.8) is 0 Å². The minimum absolute atomic E-state index is 0.124. The predicted molar refractivity (Wildman–Crippen MR) is 228 cm³/mol. The van der Waals surface area contributed by atoms with Gasteiger partial charge in [0.05, 0.1) is 31.9 Å². The Morgan fingerprint density at radius 1 is 0.902 bits per heavy atom. The molecule has 320 valence electrons. The van der Waals surface area contributed by atoms with Gasteiger partial charge < -0.3 is 34.0 Å². The third-order valence-corrected chi connectivity index (χ3v) is 10.7. The molecule has 0 aliphatic carbocycles. The molecule has 1 saturated heterocycles. The molecule has 3 heterocycles. The van der Waals surface area contributed by atoms with Crippen molar-refractivity contribution in [2.45, 2.75) is 81.6 Å². The normalized spacial score (nSPS) is 17.0. The summed E-state index contributed by atoms with van der Waals surface area (Å²) in [7, 11) is 1.25. The van der Waals surface area contributed by atoms with Gasteiger partial charge >= 0.3 is 18.2 Å².